The van der Waals surface area contributed by atoms with Crippen LogP contribution in [-0.2, 0) is 21.5 Å². The van der Waals surface area contributed by atoms with E-state index >= 15 is 0 Å². The van der Waals surface area contributed by atoms with Crippen LogP contribution in [-0.4, -0.2) is 46.8 Å². The van der Waals surface area contributed by atoms with Gasteiger partial charge in [0.2, 0.25) is 5.91 Å². The molecule has 0 radical (unpaired) electrons. The molecule has 146 valence electrons. The van der Waals surface area contributed by atoms with Gasteiger partial charge in [0, 0.05) is 6.04 Å². The first-order chi connectivity index (χ1) is 13.5. The Balaban J connectivity index is 1.54. The van der Waals surface area contributed by atoms with Crippen LogP contribution in [0.2, 0.25) is 0 Å². The number of hydrogen-bond acceptors (Lipinski definition) is 3. The van der Waals surface area contributed by atoms with Crippen LogP contribution in [0.3, 0.4) is 0 Å². The molecule has 6 nitrogen and oxygen atoms in total. The van der Waals surface area contributed by atoms with E-state index < -0.39 is 11.6 Å². The van der Waals surface area contributed by atoms with E-state index in [-0.39, 0.29) is 24.4 Å². The number of rotatable bonds is 5. The Kier molecular flexibility index (Phi) is 4.62. The fourth-order valence-corrected chi connectivity index (χ4v) is 4.42. The summed E-state index contributed by atoms with van der Waals surface area (Å²) in [6, 6.07) is 7.27. The first-order valence-corrected chi connectivity index (χ1v) is 9.89. The molecule has 3 aliphatic rings. The van der Waals surface area contributed by atoms with Crippen LogP contribution in [0.4, 0.5) is 4.79 Å². The molecule has 1 saturated heterocycles. The van der Waals surface area contributed by atoms with Crippen molar-refractivity contribution in [3.63, 3.8) is 0 Å². The van der Waals surface area contributed by atoms with E-state index in [4.69, 9.17) is 0 Å². The third-order valence-electron chi connectivity index (χ3n) is 6.26. The van der Waals surface area contributed by atoms with Crippen molar-refractivity contribution in [2.24, 2.45) is 5.92 Å². The molecule has 1 N–H and O–H groups in total. The minimum Gasteiger partial charge on any atom is -0.327 e. The molecule has 1 saturated carbocycles. The number of carbonyl (C=O) groups is 3. The van der Waals surface area contributed by atoms with Crippen molar-refractivity contribution < 1.29 is 14.4 Å². The van der Waals surface area contributed by atoms with Crippen LogP contribution < -0.4 is 5.32 Å². The highest BCUT2D eigenvalue weighted by molar-refractivity contribution is 6.10. The molecule has 0 bridgehead atoms. The molecule has 1 aliphatic heterocycles. The molecule has 4 amide bonds. The van der Waals surface area contributed by atoms with Crippen molar-refractivity contribution in [1.29, 1.82) is 0 Å². The van der Waals surface area contributed by atoms with Crippen LogP contribution in [0, 0.1) is 17.8 Å². The molecule has 28 heavy (non-hydrogen) atoms. The Bertz CT molecular complexity index is 896. The standard InChI is InChI=1S/C22H25N3O3/c1-3-4-13-24(15(2)16-9-10-16)19(26)14-25-20(27)22(23-21(25)28)12-11-17-7-5-6-8-18(17)22/h5-8,15-16H,9-14H2,1-2H3,(H,23,28). The summed E-state index contributed by atoms with van der Waals surface area (Å²) in [5, 5.41) is 2.88. The number of benzene rings is 1. The molecular formula is C22H25N3O3. The second-order valence-electron chi connectivity index (χ2n) is 7.91. The minimum absolute atomic E-state index is 0.0651. The normalized spacial score (nSPS) is 23.9. The largest absolute Gasteiger partial charge is 0.327 e. The highest BCUT2D eigenvalue weighted by atomic mass is 16.2. The Hall–Kier alpha value is -2.81. The first-order valence-electron chi connectivity index (χ1n) is 9.89. The van der Waals surface area contributed by atoms with Gasteiger partial charge in [-0.3, -0.25) is 14.5 Å². The number of amides is 4. The third kappa shape index (κ3) is 2.95. The average Bonchev–Trinajstić information content (AvgIpc) is 3.44. The van der Waals surface area contributed by atoms with E-state index in [1.807, 2.05) is 31.2 Å². The smallest absolute Gasteiger partial charge is 0.325 e. The summed E-state index contributed by atoms with van der Waals surface area (Å²) in [5.41, 5.74) is 0.902. The van der Waals surface area contributed by atoms with Crippen LogP contribution in [0.5, 0.6) is 0 Å². The van der Waals surface area contributed by atoms with E-state index in [0.29, 0.717) is 18.9 Å². The predicted octanol–water partition coefficient (Wildman–Crippen LogP) is 2.03. The molecule has 1 heterocycles. The quantitative estimate of drug-likeness (QED) is 0.629. The maximum atomic E-state index is 13.2. The van der Waals surface area contributed by atoms with Gasteiger partial charge in [-0.15, -0.1) is 5.92 Å². The van der Waals surface area contributed by atoms with Crippen LogP contribution in [0.15, 0.2) is 24.3 Å². The number of fused-ring (bicyclic) bond motifs is 2. The van der Waals surface area contributed by atoms with Crippen molar-refractivity contribution in [2.75, 3.05) is 13.1 Å². The van der Waals surface area contributed by atoms with Crippen molar-refractivity contribution in [2.45, 2.75) is 51.1 Å². The molecular weight excluding hydrogens is 354 g/mol. The number of urea groups is 1. The molecule has 4 rings (SSSR count). The lowest BCUT2D eigenvalue weighted by Crippen LogP contribution is -2.48. The van der Waals surface area contributed by atoms with Crippen molar-refractivity contribution in [1.82, 2.24) is 15.1 Å². The van der Waals surface area contributed by atoms with E-state index in [0.717, 1.165) is 35.3 Å². The minimum atomic E-state index is -1.02. The summed E-state index contributed by atoms with van der Waals surface area (Å²) in [5.74, 6) is 5.71. The van der Waals surface area contributed by atoms with Crippen LogP contribution >= 0.6 is 0 Å². The average molecular weight is 379 g/mol. The fourth-order valence-electron chi connectivity index (χ4n) is 4.42. The van der Waals surface area contributed by atoms with Gasteiger partial charge in [-0.2, -0.15) is 0 Å². The van der Waals surface area contributed by atoms with Gasteiger partial charge < -0.3 is 10.2 Å². The predicted molar refractivity (Wildman–Crippen MR) is 104 cm³/mol. The summed E-state index contributed by atoms with van der Waals surface area (Å²) in [4.78, 5) is 41.7. The number of hydrogen-bond donors (Lipinski definition) is 1. The zero-order chi connectivity index (χ0) is 19.9. The monoisotopic (exact) mass is 379 g/mol. The summed E-state index contributed by atoms with van der Waals surface area (Å²) in [7, 11) is 0. The van der Waals surface area contributed by atoms with E-state index in [1.54, 1.807) is 11.8 Å². The van der Waals surface area contributed by atoms with Crippen molar-refractivity contribution >= 4 is 17.8 Å². The lowest BCUT2D eigenvalue weighted by atomic mass is 9.92. The molecule has 1 spiro atoms. The topological polar surface area (TPSA) is 69.7 Å². The molecule has 2 fully saturated rings. The fraction of sp³-hybridized carbons (Fsp3) is 0.500. The van der Waals surface area contributed by atoms with Crippen LogP contribution in [0.1, 0.15) is 44.2 Å². The van der Waals surface area contributed by atoms with Gasteiger partial charge in [-0.1, -0.05) is 30.2 Å². The zero-order valence-electron chi connectivity index (χ0n) is 16.3. The Morgan fingerprint density at radius 2 is 2.11 bits per heavy atom. The first kappa shape index (κ1) is 18.5. The highest BCUT2D eigenvalue weighted by Crippen LogP contribution is 2.41. The summed E-state index contributed by atoms with van der Waals surface area (Å²) >= 11 is 0. The number of imide groups is 1. The van der Waals surface area contributed by atoms with Gasteiger partial charge >= 0.3 is 6.03 Å². The van der Waals surface area contributed by atoms with Crippen molar-refractivity contribution in [3.8, 4) is 11.8 Å². The van der Waals surface area contributed by atoms with Gasteiger partial charge in [0.1, 0.15) is 12.1 Å². The zero-order valence-corrected chi connectivity index (χ0v) is 16.3. The lowest BCUT2D eigenvalue weighted by molar-refractivity contribution is -0.140. The summed E-state index contributed by atoms with van der Waals surface area (Å²) < 4.78 is 0. The van der Waals surface area contributed by atoms with E-state index in [1.165, 1.54) is 0 Å². The highest BCUT2D eigenvalue weighted by Gasteiger charge is 2.55. The maximum Gasteiger partial charge on any atom is 0.325 e. The molecule has 1 aromatic carbocycles. The van der Waals surface area contributed by atoms with Gasteiger partial charge in [0.05, 0.1) is 6.54 Å². The molecule has 2 atom stereocenters. The SMILES string of the molecule is CC#CCN(C(=O)CN1C(=O)NC2(CCc3ccccc32)C1=O)C(C)C1CC1. The Morgan fingerprint density at radius 1 is 1.36 bits per heavy atom. The number of carbonyl (C=O) groups excluding carboxylic acids is 3. The Morgan fingerprint density at radius 3 is 2.82 bits per heavy atom. The third-order valence-corrected chi connectivity index (χ3v) is 6.26. The Labute approximate surface area is 165 Å². The number of aryl methyl sites for hydroxylation is 1. The number of nitrogens with one attached hydrogen (secondary N) is 1. The maximum absolute atomic E-state index is 13.2. The molecule has 1 aromatic rings. The summed E-state index contributed by atoms with van der Waals surface area (Å²) in [6.07, 6.45) is 3.48. The molecule has 0 aromatic heterocycles. The second-order valence-corrected chi connectivity index (χ2v) is 7.91. The van der Waals surface area contributed by atoms with Gasteiger partial charge in [0.25, 0.3) is 5.91 Å². The second kappa shape index (κ2) is 6.97. The molecule has 2 unspecified atom stereocenters. The number of nitrogens with zero attached hydrogens (tertiary/aromatic N) is 2. The van der Waals surface area contributed by atoms with Gasteiger partial charge in [0.15, 0.2) is 0 Å². The van der Waals surface area contributed by atoms with Crippen LogP contribution in [0.25, 0.3) is 0 Å². The molecule has 6 heteroatoms. The van der Waals surface area contributed by atoms with Gasteiger partial charge in [-0.05, 0) is 56.6 Å². The lowest BCUT2D eigenvalue weighted by Gasteiger charge is -2.29. The molecule has 2 aliphatic carbocycles. The van der Waals surface area contributed by atoms with Gasteiger partial charge in [-0.25, -0.2) is 4.79 Å². The van der Waals surface area contributed by atoms with E-state index in [2.05, 4.69) is 17.2 Å². The van der Waals surface area contributed by atoms with E-state index in [9.17, 15) is 14.4 Å². The van der Waals surface area contributed by atoms with Crippen molar-refractivity contribution in [3.05, 3.63) is 35.4 Å². The summed E-state index contributed by atoms with van der Waals surface area (Å²) in [6.45, 7) is 3.85.